The first-order valence-electron chi connectivity index (χ1n) is 8.41. The van der Waals surface area contributed by atoms with Crippen LogP contribution in [0.3, 0.4) is 0 Å². The van der Waals surface area contributed by atoms with E-state index in [1.807, 2.05) is 20.8 Å². The summed E-state index contributed by atoms with van der Waals surface area (Å²) in [5, 5.41) is 4.28. The molecular formula is C17H30N2O4. The number of rotatable bonds is 4. The van der Waals surface area contributed by atoms with Gasteiger partial charge in [0.05, 0.1) is 12.5 Å². The number of carbonyl (C=O) groups is 2. The van der Waals surface area contributed by atoms with Crippen molar-refractivity contribution in [3.8, 4) is 0 Å². The van der Waals surface area contributed by atoms with Gasteiger partial charge in [0.2, 0.25) is 0 Å². The fourth-order valence-corrected chi connectivity index (χ4v) is 3.84. The molecule has 0 aromatic rings. The minimum Gasteiger partial charge on any atom is -0.444 e. The number of nitrogens with zero attached hydrogens (tertiary/aromatic N) is 1. The van der Waals surface area contributed by atoms with Crippen LogP contribution in [0.25, 0.3) is 0 Å². The number of amides is 2. The second-order valence-corrected chi connectivity index (χ2v) is 8.12. The summed E-state index contributed by atoms with van der Waals surface area (Å²) >= 11 is 0. The van der Waals surface area contributed by atoms with E-state index >= 15 is 0 Å². The van der Waals surface area contributed by atoms with Crippen LogP contribution in [-0.2, 0) is 14.4 Å². The lowest BCUT2D eigenvalue weighted by atomic mass is 9.53. The molecule has 2 bridgehead atoms. The van der Waals surface area contributed by atoms with Crippen LogP contribution in [0.4, 0.5) is 4.79 Å². The minimum atomic E-state index is -0.479. The van der Waals surface area contributed by atoms with Gasteiger partial charge < -0.3 is 10.1 Å². The van der Waals surface area contributed by atoms with Crippen LogP contribution >= 0.6 is 0 Å². The maximum absolute atomic E-state index is 12.5. The van der Waals surface area contributed by atoms with Gasteiger partial charge in [-0.3, -0.25) is 9.63 Å². The predicted octanol–water partition coefficient (Wildman–Crippen LogP) is 2.87. The summed E-state index contributed by atoms with van der Waals surface area (Å²) in [5.41, 5.74) is -0.629. The summed E-state index contributed by atoms with van der Waals surface area (Å²) in [5.74, 6) is 0.0911. The molecule has 6 nitrogen and oxygen atoms in total. The zero-order chi connectivity index (χ0) is 17.3. The molecule has 0 aromatic heterocycles. The van der Waals surface area contributed by atoms with E-state index in [-0.39, 0.29) is 22.8 Å². The molecule has 0 aromatic carbocycles. The lowest BCUT2D eigenvalue weighted by Gasteiger charge is -2.53. The van der Waals surface area contributed by atoms with Crippen molar-refractivity contribution in [2.45, 2.75) is 64.9 Å². The quantitative estimate of drug-likeness (QED) is 0.807. The topological polar surface area (TPSA) is 67.9 Å². The standard InChI is InChI=1S/C17H30N2O4/c1-15(2,3)23-14(21)18-12-16-6-9-17(10-7-16,11-8-16)13(20)19(4)22-5/h6-12H2,1-5H3,(H,18,21)/t16-,17+. The van der Waals surface area contributed by atoms with Gasteiger partial charge in [-0.15, -0.1) is 0 Å². The molecule has 6 heteroatoms. The Labute approximate surface area is 138 Å². The Hall–Kier alpha value is -1.30. The van der Waals surface area contributed by atoms with Crippen molar-refractivity contribution in [1.29, 1.82) is 0 Å². The number of alkyl carbamates (subject to hydrolysis) is 1. The van der Waals surface area contributed by atoms with E-state index < -0.39 is 5.60 Å². The first kappa shape index (κ1) is 18.0. The summed E-state index contributed by atoms with van der Waals surface area (Å²) in [4.78, 5) is 29.5. The molecule has 23 heavy (non-hydrogen) atoms. The van der Waals surface area contributed by atoms with Crippen molar-refractivity contribution in [3.05, 3.63) is 0 Å². The van der Waals surface area contributed by atoms with Gasteiger partial charge >= 0.3 is 6.09 Å². The Morgan fingerprint density at radius 3 is 2.04 bits per heavy atom. The zero-order valence-electron chi connectivity index (χ0n) is 15.0. The Morgan fingerprint density at radius 1 is 1.09 bits per heavy atom. The number of hydrogen-bond acceptors (Lipinski definition) is 4. The molecule has 0 heterocycles. The number of carbonyl (C=O) groups excluding carboxylic acids is 2. The molecule has 0 radical (unpaired) electrons. The number of hydroxylamine groups is 2. The summed E-state index contributed by atoms with van der Waals surface area (Å²) in [6.45, 7) is 6.21. The van der Waals surface area contributed by atoms with Crippen molar-refractivity contribution < 1.29 is 19.2 Å². The molecule has 0 saturated heterocycles. The fraction of sp³-hybridized carbons (Fsp3) is 0.882. The number of nitrogens with one attached hydrogen (secondary N) is 1. The smallest absolute Gasteiger partial charge is 0.407 e. The third kappa shape index (κ3) is 3.97. The van der Waals surface area contributed by atoms with E-state index in [2.05, 4.69) is 5.32 Å². The molecule has 2 amide bonds. The molecule has 3 aliphatic carbocycles. The Morgan fingerprint density at radius 2 is 1.61 bits per heavy atom. The highest BCUT2D eigenvalue weighted by Gasteiger charge is 2.53. The predicted molar refractivity (Wildman–Crippen MR) is 86.6 cm³/mol. The Kier molecular flexibility index (Phi) is 4.95. The van der Waals surface area contributed by atoms with Gasteiger partial charge in [-0.25, -0.2) is 9.86 Å². The van der Waals surface area contributed by atoms with Crippen LogP contribution < -0.4 is 5.32 Å². The maximum atomic E-state index is 12.5. The highest BCUT2D eigenvalue weighted by atomic mass is 16.7. The van der Waals surface area contributed by atoms with Crippen molar-refractivity contribution in [2.24, 2.45) is 10.8 Å². The summed E-state index contributed by atoms with van der Waals surface area (Å²) in [7, 11) is 3.20. The molecule has 3 rings (SSSR count). The molecule has 3 saturated carbocycles. The van der Waals surface area contributed by atoms with Gasteiger partial charge in [0.25, 0.3) is 5.91 Å². The van der Waals surface area contributed by atoms with E-state index in [9.17, 15) is 9.59 Å². The molecule has 1 N–H and O–H groups in total. The summed E-state index contributed by atoms with van der Waals surface area (Å²) in [6.07, 6.45) is 5.15. The van der Waals surface area contributed by atoms with Crippen LogP contribution in [0.1, 0.15) is 59.3 Å². The van der Waals surface area contributed by atoms with Crippen LogP contribution in [0.2, 0.25) is 0 Å². The van der Waals surface area contributed by atoms with Crippen molar-refractivity contribution >= 4 is 12.0 Å². The van der Waals surface area contributed by atoms with Crippen molar-refractivity contribution in [2.75, 3.05) is 20.7 Å². The molecule has 3 aliphatic rings. The summed E-state index contributed by atoms with van der Waals surface area (Å²) < 4.78 is 5.31. The monoisotopic (exact) mass is 326 g/mol. The Balaban J connectivity index is 1.90. The first-order chi connectivity index (χ1) is 10.6. The van der Waals surface area contributed by atoms with Gasteiger partial charge in [0.1, 0.15) is 5.60 Å². The van der Waals surface area contributed by atoms with Crippen LogP contribution in [-0.4, -0.2) is 43.4 Å². The Bertz CT molecular complexity index is 445. The molecule has 0 spiro atoms. The third-order valence-electron chi connectivity index (χ3n) is 5.42. The second kappa shape index (κ2) is 6.30. The maximum Gasteiger partial charge on any atom is 0.407 e. The normalized spacial score (nSPS) is 30.0. The largest absolute Gasteiger partial charge is 0.444 e. The second-order valence-electron chi connectivity index (χ2n) is 8.12. The van der Waals surface area contributed by atoms with E-state index in [1.54, 1.807) is 7.05 Å². The van der Waals surface area contributed by atoms with Gasteiger partial charge in [0, 0.05) is 13.6 Å². The van der Waals surface area contributed by atoms with Gasteiger partial charge in [-0.1, -0.05) is 0 Å². The lowest BCUT2D eigenvalue weighted by molar-refractivity contribution is -0.188. The third-order valence-corrected chi connectivity index (χ3v) is 5.42. The SMILES string of the molecule is CON(C)C(=O)[C@]12CC[C@](CNC(=O)OC(C)(C)C)(CC1)CC2. The van der Waals surface area contributed by atoms with Gasteiger partial charge in [0.15, 0.2) is 0 Å². The van der Waals surface area contributed by atoms with Crippen LogP contribution in [0, 0.1) is 10.8 Å². The zero-order valence-corrected chi connectivity index (χ0v) is 15.0. The number of fused-ring (bicyclic) bond motifs is 3. The van der Waals surface area contributed by atoms with Gasteiger partial charge in [-0.05, 0) is 64.7 Å². The van der Waals surface area contributed by atoms with Crippen LogP contribution in [0.5, 0.6) is 0 Å². The highest BCUT2D eigenvalue weighted by molar-refractivity contribution is 5.82. The minimum absolute atomic E-state index is 0.0911. The van der Waals surface area contributed by atoms with Crippen molar-refractivity contribution in [1.82, 2.24) is 10.4 Å². The number of hydrogen-bond donors (Lipinski definition) is 1. The average Bonchev–Trinajstić information content (AvgIpc) is 2.52. The summed E-state index contributed by atoms with van der Waals surface area (Å²) in [6, 6.07) is 0. The molecule has 132 valence electrons. The highest BCUT2D eigenvalue weighted by Crippen LogP contribution is 2.57. The average molecular weight is 326 g/mol. The molecule has 3 fully saturated rings. The van der Waals surface area contributed by atoms with E-state index in [1.165, 1.54) is 12.2 Å². The molecular weight excluding hydrogens is 296 g/mol. The van der Waals surface area contributed by atoms with Gasteiger partial charge in [-0.2, -0.15) is 0 Å². The first-order valence-corrected chi connectivity index (χ1v) is 8.41. The van der Waals surface area contributed by atoms with E-state index in [0.717, 1.165) is 38.5 Å². The van der Waals surface area contributed by atoms with E-state index in [0.29, 0.717) is 6.54 Å². The van der Waals surface area contributed by atoms with E-state index in [4.69, 9.17) is 9.57 Å². The molecule has 0 atom stereocenters. The molecule has 0 aliphatic heterocycles. The fourth-order valence-electron chi connectivity index (χ4n) is 3.84. The van der Waals surface area contributed by atoms with Crippen LogP contribution in [0.15, 0.2) is 0 Å². The molecule has 0 unspecified atom stereocenters. The van der Waals surface area contributed by atoms with Crippen molar-refractivity contribution in [3.63, 3.8) is 0 Å². The number of ether oxygens (including phenoxy) is 1. The lowest BCUT2D eigenvalue weighted by Crippen LogP contribution is -2.53.